The van der Waals surface area contributed by atoms with Gasteiger partial charge in [0.25, 0.3) is 0 Å². The SMILES string of the molecule is NNC(c1ccccc1)c1ccco1. The lowest BCUT2D eigenvalue weighted by Crippen LogP contribution is -2.28. The van der Waals surface area contributed by atoms with Crippen LogP contribution >= 0.6 is 0 Å². The molecule has 0 aliphatic heterocycles. The first-order valence-electron chi connectivity index (χ1n) is 4.46. The summed E-state index contributed by atoms with van der Waals surface area (Å²) in [6.07, 6.45) is 1.64. The summed E-state index contributed by atoms with van der Waals surface area (Å²) in [5.74, 6) is 6.30. The van der Waals surface area contributed by atoms with Crippen molar-refractivity contribution < 1.29 is 4.42 Å². The molecule has 3 N–H and O–H groups in total. The molecule has 0 aliphatic carbocycles. The molecule has 2 aromatic rings. The minimum atomic E-state index is -0.0776. The maximum atomic E-state index is 5.49. The highest BCUT2D eigenvalue weighted by atomic mass is 16.3. The van der Waals surface area contributed by atoms with Gasteiger partial charge in [0.1, 0.15) is 11.8 Å². The van der Waals surface area contributed by atoms with E-state index in [4.69, 9.17) is 10.3 Å². The van der Waals surface area contributed by atoms with Crippen LogP contribution in [-0.2, 0) is 0 Å². The second-order valence-electron chi connectivity index (χ2n) is 3.03. The number of hydrogen-bond acceptors (Lipinski definition) is 3. The van der Waals surface area contributed by atoms with Crippen molar-refractivity contribution in [1.82, 2.24) is 5.43 Å². The fourth-order valence-electron chi connectivity index (χ4n) is 1.44. The third kappa shape index (κ3) is 1.69. The molecule has 0 radical (unpaired) electrons. The second kappa shape index (κ2) is 4.09. The van der Waals surface area contributed by atoms with E-state index < -0.39 is 0 Å². The maximum Gasteiger partial charge on any atom is 0.126 e. The van der Waals surface area contributed by atoms with E-state index in [1.54, 1.807) is 6.26 Å². The van der Waals surface area contributed by atoms with Crippen LogP contribution in [0.4, 0.5) is 0 Å². The van der Waals surface area contributed by atoms with Crippen LogP contribution in [-0.4, -0.2) is 0 Å². The lowest BCUT2D eigenvalue weighted by molar-refractivity contribution is 0.452. The maximum absolute atomic E-state index is 5.49. The predicted molar refractivity (Wildman–Crippen MR) is 54.3 cm³/mol. The van der Waals surface area contributed by atoms with Crippen molar-refractivity contribution in [1.29, 1.82) is 0 Å². The molecule has 0 saturated carbocycles. The molecular weight excluding hydrogens is 176 g/mol. The van der Waals surface area contributed by atoms with E-state index in [0.29, 0.717) is 0 Å². The Morgan fingerprint density at radius 2 is 1.86 bits per heavy atom. The van der Waals surface area contributed by atoms with Gasteiger partial charge >= 0.3 is 0 Å². The zero-order valence-electron chi connectivity index (χ0n) is 7.68. The van der Waals surface area contributed by atoms with Crippen molar-refractivity contribution >= 4 is 0 Å². The van der Waals surface area contributed by atoms with Crippen LogP contribution < -0.4 is 11.3 Å². The van der Waals surface area contributed by atoms with Crippen molar-refractivity contribution in [3.05, 3.63) is 60.1 Å². The Labute approximate surface area is 82.5 Å². The molecule has 0 amide bonds. The summed E-state index contributed by atoms with van der Waals surface area (Å²) < 4.78 is 5.30. The van der Waals surface area contributed by atoms with E-state index in [0.717, 1.165) is 11.3 Å². The summed E-state index contributed by atoms with van der Waals surface area (Å²) in [6.45, 7) is 0. The van der Waals surface area contributed by atoms with Gasteiger partial charge in [-0.05, 0) is 17.7 Å². The van der Waals surface area contributed by atoms with Gasteiger partial charge in [-0.25, -0.2) is 5.43 Å². The summed E-state index contributed by atoms with van der Waals surface area (Å²) in [5, 5.41) is 0. The predicted octanol–water partition coefficient (Wildman–Crippen LogP) is 1.83. The molecule has 0 aliphatic rings. The molecule has 0 bridgehead atoms. The fourth-order valence-corrected chi connectivity index (χ4v) is 1.44. The quantitative estimate of drug-likeness (QED) is 0.570. The largest absolute Gasteiger partial charge is 0.467 e. The summed E-state index contributed by atoms with van der Waals surface area (Å²) in [4.78, 5) is 0. The standard InChI is InChI=1S/C11H12N2O/c12-13-11(10-7-4-8-14-10)9-5-2-1-3-6-9/h1-8,11,13H,12H2. The molecule has 0 spiro atoms. The van der Waals surface area contributed by atoms with Gasteiger partial charge in [0.15, 0.2) is 0 Å². The van der Waals surface area contributed by atoms with Crippen molar-refractivity contribution in [3.8, 4) is 0 Å². The van der Waals surface area contributed by atoms with Crippen LogP contribution in [0, 0.1) is 0 Å². The van der Waals surface area contributed by atoms with E-state index in [1.165, 1.54) is 0 Å². The smallest absolute Gasteiger partial charge is 0.126 e. The molecule has 14 heavy (non-hydrogen) atoms. The van der Waals surface area contributed by atoms with E-state index in [2.05, 4.69) is 5.43 Å². The molecule has 1 aromatic heterocycles. The Morgan fingerprint density at radius 3 is 2.43 bits per heavy atom. The third-order valence-corrected chi connectivity index (χ3v) is 2.13. The van der Waals surface area contributed by atoms with Crippen LogP contribution in [0.1, 0.15) is 17.4 Å². The Balaban J connectivity index is 2.31. The average molecular weight is 188 g/mol. The summed E-state index contributed by atoms with van der Waals surface area (Å²) >= 11 is 0. The van der Waals surface area contributed by atoms with Gasteiger partial charge < -0.3 is 4.42 Å². The van der Waals surface area contributed by atoms with E-state index in [1.807, 2.05) is 42.5 Å². The minimum Gasteiger partial charge on any atom is -0.467 e. The summed E-state index contributed by atoms with van der Waals surface area (Å²) in [6, 6.07) is 13.6. The Bertz CT molecular complexity index is 369. The summed E-state index contributed by atoms with van der Waals surface area (Å²) in [5.41, 5.74) is 3.81. The van der Waals surface area contributed by atoms with Gasteiger partial charge in [-0.15, -0.1) is 0 Å². The first-order chi connectivity index (χ1) is 6.92. The molecule has 0 fully saturated rings. The van der Waals surface area contributed by atoms with Crippen LogP contribution in [0.2, 0.25) is 0 Å². The molecule has 1 aromatic carbocycles. The number of benzene rings is 1. The monoisotopic (exact) mass is 188 g/mol. The first kappa shape index (κ1) is 8.99. The van der Waals surface area contributed by atoms with E-state index >= 15 is 0 Å². The van der Waals surface area contributed by atoms with E-state index in [-0.39, 0.29) is 6.04 Å². The second-order valence-corrected chi connectivity index (χ2v) is 3.03. The van der Waals surface area contributed by atoms with Crippen molar-refractivity contribution in [2.75, 3.05) is 0 Å². The van der Waals surface area contributed by atoms with Gasteiger partial charge in [-0.3, -0.25) is 5.84 Å². The minimum absolute atomic E-state index is 0.0776. The van der Waals surface area contributed by atoms with Gasteiger partial charge in [0, 0.05) is 0 Å². The van der Waals surface area contributed by atoms with E-state index in [9.17, 15) is 0 Å². The number of nitrogens with two attached hydrogens (primary N) is 1. The number of nitrogens with one attached hydrogen (secondary N) is 1. The molecule has 3 nitrogen and oxygen atoms in total. The molecule has 1 atom stereocenters. The Kier molecular flexibility index (Phi) is 2.62. The molecule has 3 heteroatoms. The Morgan fingerprint density at radius 1 is 1.07 bits per heavy atom. The molecule has 1 heterocycles. The molecule has 2 rings (SSSR count). The highest BCUT2D eigenvalue weighted by Gasteiger charge is 2.13. The number of furan rings is 1. The number of rotatable bonds is 3. The van der Waals surface area contributed by atoms with Crippen LogP contribution in [0.25, 0.3) is 0 Å². The number of hydrazine groups is 1. The lowest BCUT2D eigenvalue weighted by atomic mass is 10.1. The summed E-state index contributed by atoms with van der Waals surface area (Å²) in [7, 11) is 0. The van der Waals surface area contributed by atoms with Gasteiger partial charge in [-0.2, -0.15) is 0 Å². The van der Waals surface area contributed by atoms with Gasteiger partial charge in [0.05, 0.1) is 6.26 Å². The van der Waals surface area contributed by atoms with Gasteiger partial charge in [-0.1, -0.05) is 30.3 Å². The number of hydrogen-bond donors (Lipinski definition) is 2. The van der Waals surface area contributed by atoms with Crippen LogP contribution in [0.3, 0.4) is 0 Å². The molecule has 1 unspecified atom stereocenters. The highest BCUT2D eigenvalue weighted by molar-refractivity contribution is 5.25. The topological polar surface area (TPSA) is 51.2 Å². The fraction of sp³-hybridized carbons (Fsp3) is 0.0909. The Hall–Kier alpha value is -1.58. The zero-order chi connectivity index (χ0) is 9.80. The highest BCUT2D eigenvalue weighted by Crippen LogP contribution is 2.20. The third-order valence-electron chi connectivity index (χ3n) is 2.13. The zero-order valence-corrected chi connectivity index (χ0v) is 7.68. The van der Waals surface area contributed by atoms with Crippen molar-refractivity contribution in [2.45, 2.75) is 6.04 Å². The van der Waals surface area contributed by atoms with Crippen LogP contribution in [0.5, 0.6) is 0 Å². The molecule has 0 saturated heterocycles. The average Bonchev–Trinajstić information content (AvgIpc) is 2.74. The lowest BCUT2D eigenvalue weighted by Gasteiger charge is -2.13. The van der Waals surface area contributed by atoms with Gasteiger partial charge in [0.2, 0.25) is 0 Å². The van der Waals surface area contributed by atoms with Crippen molar-refractivity contribution in [3.63, 3.8) is 0 Å². The normalized spacial score (nSPS) is 12.6. The first-order valence-corrected chi connectivity index (χ1v) is 4.46. The van der Waals surface area contributed by atoms with Crippen LogP contribution in [0.15, 0.2) is 53.1 Å². The molecular formula is C11H12N2O. The molecule has 72 valence electrons. The van der Waals surface area contributed by atoms with Crippen molar-refractivity contribution in [2.24, 2.45) is 5.84 Å².